The highest BCUT2D eigenvalue weighted by molar-refractivity contribution is 9.10. The quantitative estimate of drug-likeness (QED) is 0.856. The molecule has 0 atom stereocenters. The van der Waals surface area contributed by atoms with Gasteiger partial charge in [0.2, 0.25) is 0 Å². The van der Waals surface area contributed by atoms with Gasteiger partial charge in [-0.15, -0.1) is 0 Å². The Morgan fingerprint density at radius 3 is 2.71 bits per heavy atom. The van der Waals surface area contributed by atoms with Crippen LogP contribution in [0.4, 0.5) is 4.39 Å². The summed E-state index contributed by atoms with van der Waals surface area (Å²) < 4.78 is 18.6. The monoisotopic (exact) mass is 303 g/mol. The molecule has 0 aliphatic rings. The molecular weight excluding hydrogens is 289 g/mol. The molecule has 0 unspecified atom stereocenters. The highest BCUT2D eigenvalue weighted by Gasteiger charge is 2.13. The maximum atomic E-state index is 12.8. The highest BCUT2D eigenvalue weighted by atomic mass is 79.9. The number of halogens is 2. The van der Waals surface area contributed by atoms with Crippen LogP contribution in [0.3, 0.4) is 0 Å². The first kappa shape index (κ1) is 14.0. The summed E-state index contributed by atoms with van der Waals surface area (Å²) in [6.07, 6.45) is 0. The van der Waals surface area contributed by atoms with E-state index < -0.39 is 0 Å². The lowest BCUT2D eigenvalue weighted by molar-refractivity contribution is -0.133. The topological polar surface area (TPSA) is 29.5 Å². The molecule has 1 amide bonds. The number of benzene rings is 1. The van der Waals surface area contributed by atoms with Crippen LogP contribution in [0.2, 0.25) is 0 Å². The Labute approximate surface area is 109 Å². The Bertz CT molecular complexity index is 409. The highest BCUT2D eigenvalue weighted by Crippen LogP contribution is 2.25. The van der Waals surface area contributed by atoms with Gasteiger partial charge in [0.15, 0.2) is 6.61 Å². The van der Waals surface area contributed by atoms with Crippen LogP contribution in [0.15, 0.2) is 22.7 Å². The van der Waals surface area contributed by atoms with Crippen molar-refractivity contribution in [1.82, 2.24) is 4.90 Å². The lowest BCUT2D eigenvalue weighted by atomic mass is 10.3. The molecule has 1 aromatic carbocycles. The van der Waals surface area contributed by atoms with Crippen molar-refractivity contribution < 1.29 is 13.9 Å². The molecule has 0 aromatic heterocycles. The first-order valence-electron chi connectivity index (χ1n) is 5.25. The van der Waals surface area contributed by atoms with Gasteiger partial charge in [0.05, 0.1) is 4.47 Å². The molecule has 1 aromatic rings. The van der Waals surface area contributed by atoms with E-state index in [0.29, 0.717) is 10.2 Å². The van der Waals surface area contributed by atoms with Crippen molar-refractivity contribution in [2.45, 2.75) is 19.9 Å². The van der Waals surface area contributed by atoms with Crippen LogP contribution < -0.4 is 4.74 Å². The molecule has 0 bridgehead atoms. The van der Waals surface area contributed by atoms with E-state index in [1.54, 1.807) is 11.9 Å². The fourth-order valence-electron chi connectivity index (χ4n) is 1.12. The smallest absolute Gasteiger partial charge is 0.260 e. The average Bonchev–Trinajstić information content (AvgIpc) is 2.26. The largest absolute Gasteiger partial charge is 0.483 e. The molecule has 3 nitrogen and oxygen atoms in total. The molecular formula is C12H15BrFNO2. The zero-order valence-electron chi connectivity index (χ0n) is 10.0. The van der Waals surface area contributed by atoms with Gasteiger partial charge in [-0.3, -0.25) is 4.79 Å². The maximum absolute atomic E-state index is 12.8. The summed E-state index contributed by atoms with van der Waals surface area (Å²) in [5, 5.41) is 0. The Kier molecular flexibility index (Phi) is 4.93. The lowest BCUT2D eigenvalue weighted by Crippen LogP contribution is -2.36. The van der Waals surface area contributed by atoms with Gasteiger partial charge in [0, 0.05) is 13.1 Å². The van der Waals surface area contributed by atoms with E-state index >= 15 is 0 Å². The van der Waals surface area contributed by atoms with E-state index in [1.807, 2.05) is 13.8 Å². The summed E-state index contributed by atoms with van der Waals surface area (Å²) in [6.45, 7) is 3.79. The SMILES string of the molecule is CC(C)N(C)C(=O)COc1ccc(F)cc1Br. The van der Waals surface area contributed by atoms with Gasteiger partial charge in [-0.2, -0.15) is 0 Å². The van der Waals surface area contributed by atoms with Gasteiger partial charge in [-0.05, 0) is 48.0 Å². The number of carbonyl (C=O) groups excluding carboxylic acids is 1. The number of hydrogen-bond acceptors (Lipinski definition) is 2. The molecule has 0 fully saturated rings. The van der Waals surface area contributed by atoms with E-state index in [-0.39, 0.29) is 24.4 Å². The number of nitrogens with zero attached hydrogens (tertiary/aromatic N) is 1. The molecule has 1 rings (SSSR count). The Morgan fingerprint density at radius 2 is 2.18 bits per heavy atom. The van der Waals surface area contributed by atoms with E-state index in [2.05, 4.69) is 15.9 Å². The molecule has 0 saturated heterocycles. The predicted molar refractivity (Wildman–Crippen MR) is 67.5 cm³/mol. The molecule has 0 aliphatic carbocycles. The van der Waals surface area contributed by atoms with Crippen molar-refractivity contribution in [1.29, 1.82) is 0 Å². The zero-order valence-corrected chi connectivity index (χ0v) is 11.6. The fraction of sp³-hybridized carbons (Fsp3) is 0.417. The summed E-state index contributed by atoms with van der Waals surface area (Å²) in [6, 6.07) is 4.20. The van der Waals surface area contributed by atoms with Gasteiger partial charge < -0.3 is 9.64 Å². The molecule has 0 radical (unpaired) electrons. The average molecular weight is 304 g/mol. The number of carbonyl (C=O) groups is 1. The van der Waals surface area contributed by atoms with Gasteiger partial charge >= 0.3 is 0 Å². The summed E-state index contributed by atoms with van der Waals surface area (Å²) >= 11 is 3.17. The van der Waals surface area contributed by atoms with Crippen molar-refractivity contribution in [2.75, 3.05) is 13.7 Å². The minimum absolute atomic E-state index is 0.0566. The van der Waals surface area contributed by atoms with Crippen LogP contribution in [0, 0.1) is 5.82 Å². The fourth-order valence-corrected chi connectivity index (χ4v) is 1.59. The van der Waals surface area contributed by atoms with Crippen molar-refractivity contribution in [2.24, 2.45) is 0 Å². The van der Waals surface area contributed by atoms with Crippen molar-refractivity contribution in [3.63, 3.8) is 0 Å². The van der Waals surface area contributed by atoms with E-state index in [9.17, 15) is 9.18 Å². The molecule has 0 saturated carbocycles. The molecule has 0 N–H and O–H groups in total. The van der Waals surface area contributed by atoms with Crippen LogP contribution in [0.1, 0.15) is 13.8 Å². The third-order valence-corrected chi connectivity index (χ3v) is 3.03. The molecule has 94 valence electrons. The predicted octanol–water partition coefficient (Wildman–Crippen LogP) is 2.83. The Balaban J connectivity index is 2.59. The molecule has 0 aliphatic heterocycles. The Hall–Kier alpha value is -1.10. The summed E-state index contributed by atoms with van der Waals surface area (Å²) in [5.41, 5.74) is 0. The van der Waals surface area contributed by atoms with Crippen LogP contribution >= 0.6 is 15.9 Å². The van der Waals surface area contributed by atoms with E-state index in [1.165, 1.54) is 18.2 Å². The molecule has 17 heavy (non-hydrogen) atoms. The normalized spacial score (nSPS) is 10.5. The van der Waals surface area contributed by atoms with Gasteiger partial charge in [-0.25, -0.2) is 4.39 Å². The van der Waals surface area contributed by atoms with Crippen LogP contribution in [0.25, 0.3) is 0 Å². The van der Waals surface area contributed by atoms with Crippen LogP contribution in [-0.4, -0.2) is 30.5 Å². The standard InChI is InChI=1S/C12H15BrFNO2/c1-8(2)15(3)12(16)7-17-11-5-4-9(14)6-10(11)13/h4-6,8H,7H2,1-3H3. The van der Waals surface area contributed by atoms with Gasteiger partial charge in [0.1, 0.15) is 11.6 Å². The molecule has 0 spiro atoms. The number of amides is 1. The summed E-state index contributed by atoms with van der Waals surface area (Å²) in [4.78, 5) is 13.2. The van der Waals surface area contributed by atoms with E-state index in [4.69, 9.17) is 4.74 Å². The lowest BCUT2D eigenvalue weighted by Gasteiger charge is -2.21. The maximum Gasteiger partial charge on any atom is 0.260 e. The minimum atomic E-state index is -0.352. The summed E-state index contributed by atoms with van der Waals surface area (Å²) in [5.74, 6) is -0.0111. The van der Waals surface area contributed by atoms with Gasteiger partial charge in [-0.1, -0.05) is 0 Å². The van der Waals surface area contributed by atoms with Crippen molar-refractivity contribution in [3.8, 4) is 5.75 Å². The number of hydrogen-bond donors (Lipinski definition) is 0. The van der Waals surface area contributed by atoms with Crippen molar-refractivity contribution in [3.05, 3.63) is 28.5 Å². The zero-order chi connectivity index (χ0) is 13.0. The molecule has 0 heterocycles. The van der Waals surface area contributed by atoms with Crippen LogP contribution in [0.5, 0.6) is 5.75 Å². The third-order valence-electron chi connectivity index (χ3n) is 2.41. The van der Waals surface area contributed by atoms with Crippen molar-refractivity contribution >= 4 is 21.8 Å². The number of rotatable bonds is 4. The third kappa shape index (κ3) is 4.00. The molecule has 5 heteroatoms. The second-order valence-corrected chi connectivity index (χ2v) is 4.82. The first-order valence-corrected chi connectivity index (χ1v) is 6.04. The second kappa shape index (κ2) is 6.00. The van der Waals surface area contributed by atoms with Gasteiger partial charge in [0.25, 0.3) is 5.91 Å². The Morgan fingerprint density at radius 1 is 1.53 bits per heavy atom. The second-order valence-electron chi connectivity index (χ2n) is 3.96. The first-order chi connectivity index (χ1) is 7.91. The van der Waals surface area contributed by atoms with E-state index in [0.717, 1.165) is 0 Å². The summed E-state index contributed by atoms with van der Waals surface area (Å²) in [7, 11) is 1.72. The minimum Gasteiger partial charge on any atom is -0.483 e. The number of likely N-dealkylation sites (N-methyl/N-ethyl adjacent to an activating group) is 1. The van der Waals surface area contributed by atoms with Crippen LogP contribution in [-0.2, 0) is 4.79 Å². The number of ether oxygens (including phenoxy) is 1.